The van der Waals surface area contributed by atoms with Crippen LogP contribution in [-0.4, -0.2) is 97.7 Å². The molecule has 49 heavy (non-hydrogen) atoms. The molecule has 2 aromatic carbocycles. The summed E-state index contributed by atoms with van der Waals surface area (Å²) in [5.74, 6) is -2.57. The van der Waals surface area contributed by atoms with E-state index in [0.717, 1.165) is 44.4 Å². The van der Waals surface area contributed by atoms with E-state index in [0.29, 0.717) is 41.6 Å². The van der Waals surface area contributed by atoms with Crippen LogP contribution in [0.2, 0.25) is 0 Å². The minimum absolute atomic E-state index is 0.0697. The van der Waals surface area contributed by atoms with Crippen LogP contribution in [0.3, 0.4) is 0 Å². The smallest absolute Gasteiger partial charge is 0.342 e. The fraction of sp³-hybridized carbons (Fsp3) is 0.500. The van der Waals surface area contributed by atoms with Crippen molar-refractivity contribution in [2.75, 3.05) is 26.8 Å². The summed E-state index contributed by atoms with van der Waals surface area (Å²) in [5.41, 5.74) is 0.521. The summed E-state index contributed by atoms with van der Waals surface area (Å²) in [4.78, 5) is 68.2. The normalized spacial score (nSPS) is 17.0. The van der Waals surface area contributed by atoms with Crippen LogP contribution >= 0.6 is 0 Å². The number of carboxylic acids is 1. The second kappa shape index (κ2) is 19.2. The number of nitrogens with one attached hydrogen (secondary N) is 1. The number of carbonyl (C=O) groups is 4. The maximum Gasteiger partial charge on any atom is 0.342 e. The molecule has 2 aliphatic heterocycles. The molecule has 268 valence electrons. The van der Waals surface area contributed by atoms with Crippen molar-refractivity contribution in [3.63, 3.8) is 0 Å². The lowest BCUT2D eigenvalue weighted by Gasteiger charge is -2.33. The molecular weight excluding hydrogens is 648 g/mol. The number of amides is 1. The molecule has 2 aromatic rings. The summed E-state index contributed by atoms with van der Waals surface area (Å²) in [5, 5.41) is 60.4. The van der Waals surface area contributed by atoms with Gasteiger partial charge >= 0.3 is 11.9 Å². The van der Waals surface area contributed by atoms with Gasteiger partial charge in [0.25, 0.3) is 17.3 Å². The van der Waals surface area contributed by atoms with E-state index in [9.17, 15) is 44.5 Å². The van der Waals surface area contributed by atoms with Crippen LogP contribution < -0.4 is 5.32 Å². The lowest BCUT2D eigenvalue weighted by Crippen LogP contribution is -2.48. The van der Waals surface area contributed by atoms with Crippen LogP contribution in [0.5, 0.6) is 0 Å². The molecule has 4 rings (SSSR count). The summed E-state index contributed by atoms with van der Waals surface area (Å²) in [6.07, 6.45) is 5.09. The van der Waals surface area contributed by atoms with E-state index < -0.39 is 45.0 Å². The fourth-order valence-corrected chi connectivity index (χ4v) is 5.41. The van der Waals surface area contributed by atoms with Crippen LogP contribution in [0, 0.1) is 34.1 Å². The molecule has 2 heterocycles. The van der Waals surface area contributed by atoms with Gasteiger partial charge in [-0.05, 0) is 86.9 Å². The highest BCUT2D eigenvalue weighted by Gasteiger charge is 2.36. The molecule has 0 aliphatic carbocycles. The van der Waals surface area contributed by atoms with E-state index >= 15 is 0 Å². The number of nitro groups is 2. The highest BCUT2D eigenvalue weighted by Crippen LogP contribution is 2.28. The average Bonchev–Trinajstić information content (AvgIpc) is 3.11. The number of aliphatic hydroxyl groups is 3. The van der Waals surface area contributed by atoms with Crippen molar-refractivity contribution in [1.82, 2.24) is 10.2 Å². The van der Waals surface area contributed by atoms with E-state index in [-0.39, 0.29) is 42.9 Å². The Bertz CT molecular complexity index is 1540. The Balaban J connectivity index is 0.000000283. The summed E-state index contributed by atoms with van der Waals surface area (Å²) in [6.45, 7) is 3.45. The number of hydrogen-bond donors (Lipinski definition) is 5. The molecule has 0 bridgehead atoms. The van der Waals surface area contributed by atoms with Gasteiger partial charge in [-0.2, -0.15) is 0 Å². The number of esters is 1. The number of carbonyl (C=O) groups excluding carboxylic acids is 3. The molecule has 2 fully saturated rings. The lowest BCUT2D eigenvalue weighted by molar-refractivity contribution is -0.385. The molecule has 0 unspecified atom stereocenters. The number of rotatable bonds is 9. The van der Waals surface area contributed by atoms with Crippen LogP contribution in [-0.2, 0) is 27.5 Å². The molecule has 0 aromatic heterocycles. The predicted octanol–water partition coefficient (Wildman–Crippen LogP) is 2.35. The number of carboxylic acid groups (broad SMARTS) is 1. The summed E-state index contributed by atoms with van der Waals surface area (Å²) < 4.78 is 4.74. The van der Waals surface area contributed by atoms with Gasteiger partial charge in [0.05, 0.1) is 36.2 Å². The first kappa shape index (κ1) is 40.3. The number of ether oxygens (including phenoxy) is 1. The number of aryl methyl sites for hydroxylation is 2. The topological polar surface area (TPSA) is 260 Å². The number of Topliss-reactive ketones (excluding diaryl/α,β-unsaturated/α-hetero) is 1. The van der Waals surface area contributed by atoms with Crippen molar-refractivity contribution >= 4 is 35.0 Å². The van der Waals surface area contributed by atoms with Gasteiger partial charge in [0.15, 0.2) is 5.78 Å². The van der Waals surface area contributed by atoms with Crippen LogP contribution in [0.4, 0.5) is 11.4 Å². The number of benzene rings is 2. The van der Waals surface area contributed by atoms with E-state index in [1.807, 2.05) is 0 Å². The number of piperidine rings is 2. The second-order valence-corrected chi connectivity index (χ2v) is 11.4. The molecule has 0 spiro atoms. The molecule has 17 heteroatoms. The van der Waals surface area contributed by atoms with Crippen LogP contribution in [0.1, 0.15) is 81.5 Å². The maximum absolute atomic E-state index is 12.9. The molecular formula is C32H42N4O13. The number of nitrogens with zero attached hydrogens (tertiary/aromatic N) is 3. The Hall–Kier alpha value is -4.84. The van der Waals surface area contributed by atoms with E-state index in [1.165, 1.54) is 24.1 Å². The van der Waals surface area contributed by atoms with Gasteiger partial charge in [-0.15, -0.1) is 0 Å². The first-order valence-corrected chi connectivity index (χ1v) is 15.5. The zero-order valence-corrected chi connectivity index (χ0v) is 27.5. The van der Waals surface area contributed by atoms with Gasteiger partial charge in [0, 0.05) is 18.7 Å². The summed E-state index contributed by atoms with van der Waals surface area (Å²) in [6, 6.07) is 4.06. The van der Waals surface area contributed by atoms with Gasteiger partial charge in [0.1, 0.15) is 23.8 Å². The summed E-state index contributed by atoms with van der Waals surface area (Å²) >= 11 is 0. The number of nitro benzene ring substituents is 2. The van der Waals surface area contributed by atoms with E-state index in [2.05, 4.69) is 5.32 Å². The Kier molecular flexibility index (Phi) is 15.8. The monoisotopic (exact) mass is 690 g/mol. The number of aliphatic hydroxyl groups excluding tert-OH is 3. The molecule has 17 nitrogen and oxygen atoms in total. The number of hydrogen-bond acceptors (Lipinski definition) is 13. The van der Waals surface area contributed by atoms with Crippen molar-refractivity contribution in [3.8, 4) is 0 Å². The van der Waals surface area contributed by atoms with Gasteiger partial charge in [-0.25, -0.2) is 9.59 Å². The van der Waals surface area contributed by atoms with E-state index in [4.69, 9.17) is 20.1 Å². The molecule has 5 N–H and O–H groups in total. The standard InChI is InChI=1S/C16H20N2O6.C9H9NO5.C7H13NO2/c1-10-7-14(18(22)23)12(8-11(10)9-19)15(20)17-6-4-3-5-13(17)16(21)24-2;1-5-2-8(10(14)15)7(9(12)13)3-6(5)4-11;9-5-7(10)6-3-1-2-4-8-6/h7-8,13,19H,3-6,9H2,1-2H3;2-3,11H,4H2,1H3,(H,12,13);6,8-9H,1-5H2/t13-;;6-/m0.0/s1. The third-order valence-corrected chi connectivity index (χ3v) is 8.20. The molecule has 0 saturated carbocycles. The molecule has 1 amide bonds. The third kappa shape index (κ3) is 10.8. The Morgan fingerprint density at radius 2 is 1.39 bits per heavy atom. The van der Waals surface area contributed by atoms with Crippen molar-refractivity contribution in [3.05, 3.63) is 77.9 Å². The van der Waals surface area contributed by atoms with E-state index in [1.54, 1.807) is 13.8 Å². The Morgan fingerprint density at radius 3 is 1.84 bits per heavy atom. The Labute approximate surface area is 281 Å². The van der Waals surface area contributed by atoms with Gasteiger partial charge in [0.2, 0.25) is 0 Å². The largest absolute Gasteiger partial charge is 0.477 e. The third-order valence-electron chi connectivity index (χ3n) is 8.20. The fourth-order valence-electron chi connectivity index (χ4n) is 5.41. The van der Waals surface area contributed by atoms with Gasteiger partial charge in [-0.3, -0.25) is 29.8 Å². The highest BCUT2D eigenvalue weighted by molar-refractivity contribution is 6.00. The highest BCUT2D eigenvalue weighted by atomic mass is 16.6. The van der Waals surface area contributed by atoms with Gasteiger partial charge < -0.3 is 35.4 Å². The second-order valence-electron chi connectivity index (χ2n) is 11.4. The maximum atomic E-state index is 12.9. The van der Waals surface area contributed by atoms with Crippen molar-refractivity contribution in [1.29, 1.82) is 0 Å². The summed E-state index contributed by atoms with van der Waals surface area (Å²) in [7, 11) is 1.25. The lowest BCUT2D eigenvalue weighted by atomic mass is 9.98. The molecule has 2 atom stereocenters. The Morgan fingerprint density at radius 1 is 0.857 bits per heavy atom. The molecule has 2 aliphatic rings. The number of ketones is 1. The average molecular weight is 691 g/mol. The molecule has 2 saturated heterocycles. The van der Waals surface area contributed by atoms with Gasteiger partial charge in [-0.1, -0.05) is 6.42 Å². The zero-order valence-electron chi connectivity index (χ0n) is 27.5. The van der Waals surface area contributed by atoms with Crippen molar-refractivity contribution in [2.24, 2.45) is 0 Å². The minimum atomic E-state index is -1.38. The van der Waals surface area contributed by atoms with Crippen molar-refractivity contribution < 1.29 is 54.2 Å². The quantitative estimate of drug-likeness (QED) is 0.144. The van der Waals surface area contributed by atoms with Crippen LogP contribution in [0.15, 0.2) is 24.3 Å². The number of likely N-dealkylation sites (tertiary alicyclic amines) is 1. The predicted molar refractivity (Wildman–Crippen MR) is 173 cm³/mol. The first-order valence-electron chi connectivity index (χ1n) is 15.5. The number of methoxy groups -OCH3 is 1. The SMILES string of the molecule is COC(=O)[C@@H]1CCCCN1C(=O)c1cc(CO)c(C)cc1[N+](=O)[O-].Cc1cc([N+](=O)[O-])c(C(=O)O)cc1CO.O=C(CO)[C@@H]1CCCCN1. The minimum Gasteiger partial charge on any atom is -0.477 e. The first-order chi connectivity index (χ1) is 23.2. The van der Waals surface area contributed by atoms with Crippen LogP contribution in [0.25, 0.3) is 0 Å². The van der Waals surface area contributed by atoms with Crippen molar-refractivity contribution in [2.45, 2.75) is 77.7 Å². The zero-order chi connectivity index (χ0) is 36.8. The number of aromatic carboxylic acids is 1. The molecule has 0 radical (unpaired) electrons.